The van der Waals surface area contributed by atoms with E-state index >= 15 is 0 Å². The molecule has 0 aliphatic heterocycles. The number of benzene rings is 1. The maximum atomic E-state index is 5.77. The molecule has 0 aliphatic rings. The van der Waals surface area contributed by atoms with Gasteiger partial charge in [0, 0.05) is 6.04 Å². The summed E-state index contributed by atoms with van der Waals surface area (Å²) in [6.45, 7) is 8.24. The molecule has 1 aromatic carbocycles. The van der Waals surface area contributed by atoms with Crippen LogP contribution in [0.2, 0.25) is 0 Å². The zero-order valence-corrected chi connectivity index (χ0v) is 12.7. The molecule has 0 amide bonds. The molecule has 19 heavy (non-hydrogen) atoms. The second-order valence-corrected chi connectivity index (χ2v) is 5.17. The second kappa shape index (κ2) is 8.81. The fraction of sp³-hybridized carbons (Fsp3) is 0.625. The molecular formula is C16H27NO2. The van der Waals surface area contributed by atoms with Gasteiger partial charge in [-0.25, -0.2) is 0 Å². The van der Waals surface area contributed by atoms with E-state index in [-0.39, 0.29) is 0 Å². The monoisotopic (exact) mass is 265 g/mol. The molecule has 1 rings (SSSR count). The van der Waals surface area contributed by atoms with Crippen molar-refractivity contribution in [2.45, 2.75) is 46.1 Å². The second-order valence-electron chi connectivity index (χ2n) is 5.17. The van der Waals surface area contributed by atoms with Gasteiger partial charge in [-0.2, -0.15) is 0 Å². The molecule has 0 saturated heterocycles. The van der Waals surface area contributed by atoms with Crippen molar-refractivity contribution in [1.82, 2.24) is 5.32 Å². The van der Waals surface area contributed by atoms with Crippen LogP contribution in [0.5, 0.6) is 11.5 Å². The van der Waals surface area contributed by atoms with Crippen molar-refractivity contribution in [3.63, 3.8) is 0 Å². The largest absolute Gasteiger partial charge is 0.493 e. The predicted octanol–water partition coefficient (Wildman–Crippen LogP) is 3.55. The van der Waals surface area contributed by atoms with Gasteiger partial charge < -0.3 is 14.8 Å². The molecule has 0 radical (unpaired) electrons. The van der Waals surface area contributed by atoms with E-state index in [2.05, 4.69) is 19.2 Å². The maximum Gasteiger partial charge on any atom is 0.161 e. The van der Waals surface area contributed by atoms with Crippen LogP contribution in [-0.2, 0) is 0 Å². The van der Waals surface area contributed by atoms with Gasteiger partial charge in [0.1, 0.15) is 0 Å². The third kappa shape index (κ3) is 6.48. The minimum absolute atomic E-state index is 0.577. The summed E-state index contributed by atoms with van der Waals surface area (Å²) in [6, 6.07) is 6.61. The summed E-state index contributed by atoms with van der Waals surface area (Å²) in [4.78, 5) is 0. The zero-order valence-electron chi connectivity index (χ0n) is 12.7. The standard InChI is InChI=1S/C16H27NO2/c1-13(2)17-10-6-5-7-11-19-15-9-8-14(3)12-16(15)18-4/h8-9,12-13,17H,5-7,10-11H2,1-4H3. The molecule has 0 aliphatic carbocycles. The third-order valence-electron chi connectivity index (χ3n) is 2.95. The summed E-state index contributed by atoms with van der Waals surface area (Å²) in [5.41, 5.74) is 1.18. The Morgan fingerprint density at radius 1 is 1.11 bits per heavy atom. The van der Waals surface area contributed by atoms with Crippen molar-refractivity contribution in [2.24, 2.45) is 0 Å². The molecule has 0 heterocycles. The van der Waals surface area contributed by atoms with Crippen molar-refractivity contribution >= 4 is 0 Å². The molecule has 3 heteroatoms. The normalized spacial score (nSPS) is 10.8. The molecule has 1 N–H and O–H groups in total. The van der Waals surface area contributed by atoms with Crippen LogP contribution in [0.15, 0.2) is 18.2 Å². The van der Waals surface area contributed by atoms with Crippen molar-refractivity contribution in [3.05, 3.63) is 23.8 Å². The van der Waals surface area contributed by atoms with E-state index in [1.807, 2.05) is 25.1 Å². The molecule has 0 spiro atoms. The van der Waals surface area contributed by atoms with Crippen LogP contribution in [0.3, 0.4) is 0 Å². The highest BCUT2D eigenvalue weighted by molar-refractivity contribution is 5.42. The van der Waals surface area contributed by atoms with E-state index in [1.54, 1.807) is 7.11 Å². The average Bonchev–Trinajstić information content (AvgIpc) is 2.38. The quantitative estimate of drug-likeness (QED) is 0.693. The lowest BCUT2D eigenvalue weighted by Crippen LogP contribution is -2.23. The number of unbranched alkanes of at least 4 members (excludes halogenated alkanes) is 2. The molecule has 108 valence electrons. The van der Waals surface area contributed by atoms with E-state index in [1.165, 1.54) is 18.4 Å². The third-order valence-corrected chi connectivity index (χ3v) is 2.95. The number of rotatable bonds is 9. The van der Waals surface area contributed by atoms with Crippen LogP contribution >= 0.6 is 0 Å². The van der Waals surface area contributed by atoms with Crippen LogP contribution < -0.4 is 14.8 Å². The van der Waals surface area contributed by atoms with Gasteiger partial charge in [-0.1, -0.05) is 19.9 Å². The van der Waals surface area contributed by atoms with E-state index in [4.69, 9.17) is 9.47 Å². The fourth-order valence-electron chi connectivity index (χ4n) is 1.87. The Hall–Kier alpha value is -1.22. The average molecular weight is 265 g/mol. The molecule has 0 atom stereocenters. The van der Waals surface area contributed by atoms with Crippen molar-refractivity contribution < 1.29 is 9.47 Å². The highest BCUT2D eigenvalue weighted by atomic mass is 16.5. The van der Waals surface area contributed by atoms with Crippen molar-refractivity contribution in [1.29, 1.82) is 0 Å². The predicted molar refractivity (Wildman–Crippen MR) is 80.2 cm³/mol. The SMILES string of the molecule is COc1cc(C)ccc1OCCCCCNC(C)C. The van der Waals surface area contributed by atoms with E-state index in [0.717, 1.165) is 31.1 Å². The lowest BCUT2D eigenvalue weighted by atomic mass is 10.2. The first-order valence-electron chi connectivity index (χ1n) is 7.14. The number of nitrogens with one attached hydrogen (secondary N) is 1. The number of hydrogen-bond donors (Lipinski definition) is 1. The minimum Gasteiger partial charge on any atom is -0.493 e. The summed E-state index contributed by atoms with van der Waals surface area (Å²) >= 11 is 0. The highest BCUT2D eigenvalue weighted by Crippen LogP contribution is 2.27. The maximum absolute atomic E-state index is 5.77. The Morgan fingerprint density at radius 2 is 1.89 bits per heavy atom. The Morgan fingerprint density at radius 3 is 2.58 bits per heavy atom. The zero-order chi connectivity index (χ0) is 14.1. The van der Waals surface area contributed by atoms with Crippen molar-refractivity contribution in [2.75, 3.05) is 20.3 Å². The van der Waals surface area contributed by atoms with Crippen molar-refractivity contribution in [3.8, 4) is 11.5 Å². The van der Waals surface area contributed by atoms with Gasteiger partial charge in [-0.15, -0.1) is 0 Å². The Labute approximate surface area is 117 Å². The van der Waals surface area contributed by atoms with Crippen LogP contribution in [-0.4, -0.2) is 26.3 Å². The van der Waals surface area contributed by atoms with Crippen LogP contribution in [0.25, 0.3) is 0 Å². The number of hydrogen-bond acceptors (Lipinski definition) is 3. The smallest absolute Gasteiger partial charge is 0.161 e. The molecule has 0 aromatic heterocycles. The minimum atomic E-state index is 0.577. The molecule has 0 fully saturated rings. The van der Waals surface area contributed by atoms with Gasteiger partial charge in [-0.05, 0) is 50.4 Å². The van der Waals surface area contributed by atoms with E-state index in [0.29, 0.717) is 6.04 Å². The Kier molecular flexibility index (Phi) is 7.34. The first-order chi connectivity index (χ1) is 9.13. The highest BCUT2D eigenvalue weighted by Gasteiger charge is 2.03. The number of aryl methyl sites for hydroxylation is 1. The molecule has 0 unspecified atom stereocenters. The molecule has 3 nitrogen and oxygen atoms in total. The topological polar surface area (TPSA) is 30.5 Å². The summed E-state index contributed by atoms with van der Waals surface area (Å²) in [7, 11) is 1.68. The molecular weight excluding hydrogens is 238 g/mol. The molecule has 0 saturated carbocycles. The lowest BCUT2D eigenvalue weighted by molar-refractivity contribution is 0.284. The van der Waals surface area contributed by atoms with E-state index in [9.17, 15) is 0 Å². The van der Waals surface area contributed by atoms with Gasteiger partial charge in [0.15, 0.2) is 11.5 Å². The van der Waals surface area contributed by atoms with Gasteiger partial charge in [0.05, 0.1) is 13.7 Å². The summed E-state index contributed by atoms with van der Waals surface area (Å²) < 4.78 is 11.1. The van der Waals surface area contributed by atoms with Gasteiger partial charge >= 0.3 is 0 Å². The van der Waals surface area contributed by atoms with Gasteiger partial charge in [-0.3, -0.25) is 0 Å². The molecule has 0 bridgehead atoms. The van der Waals surface area contributed by atoms with Crippen LogP contribution in [0.1, 0.15) is 38.7 Å². The Bertz CT molecular complexity index is 364. The van der Waals surface area contributed by atoms with E-state index < -0.39 is 0 Å². The summed E-state index contributed by atoms with van der Waals surface area (Å²) in [5.74, 6) is 1.66. The van der Waals surface area contributed by atoms with Gasteiger partial charge in [0.2, 0.25) is 0 Å². The number of methoxy groups -OCH3 is 1. The van der Waals surface area contributed by atoms with Gasteiger partial charge in [0.25, 0.3) is 0 Å². The first-order valence-corrected chi connectivity index (χ1v) is 7.14. The van der Waals surface area contributed by atoms with Crippen LogP contribution in [0.4, 0.5) is 0 Å². The van der Waals surface area contributed by atoms with Crippen LogP contribution in [0, 0.1) is 6.92 Å². The first kappa shape index (κ1) is 15.8. The Balaban J connectivity index is 2.19. The summed E-state index contributed by atoms with van der Waals surface area (Å²) in [5, 5.41) is 3.42. The summed E-state index contributed by atoms with van der Waals surface area (Å²) in [6.07, 6.45) is 3.47. The molecule has 1 aromatic rings. The lowest BCUT2D eigenvalue weighted by Gasteiger charge is -2.11. The fourth-order valence-corrected chi connectivity index (χ4v) is 1.87. The number of ether oxygens (including phenoxy) is 2.